The number of benzene rings is 1. The molecule has 2 N–H and O–H groups in total. The molecule has 146 valence electrons. The number of nitrogens with one attached hydrogen (secondary N) is 1. The number of nitrogens with zero attached hydrogens (tertiary/aromatic N) is 4. The zero-order chi connectivity index (χ0) is 21.0. The number of carboxylic acid groups (broad SMARTS) is 1. The van der Waals surface area contributed by atoms with Crippen LogP contribution in [-0.2, 0) is 13.0 Å². The highest BCUT2D eigenvalue weighted by atomic mass is 16.4. The molecule has 2 aromatic heterocycles. The quantitative estimate of drug-likeness (QED) is 0.665. The first-order chi connectivity index (χ1) is 13.9. The molecule has 8 heteroatoms. The average Bonchev–Trinajstić information content (AvgIpc) is 2.72. The van der Waals surface area contributed by atoms with Crippen LogP contribution in [0.2, 0.25) is 0 Å². The number of carboxylic acids is 1. The largest absolute Gasteiger partial charge is 0.476 e. The monoisotopic (exact) mass is 389 g/mol. The summed E-state index contributed by atoms with van der Waals surface area (Å²) in [5.74, 6) is -1.23. The van der Waals surface area contributed by atoms with E-state index < -0.39 is 11.5 Å². The molecule has 0 bridgehead atoms. The second-order valence-electron chi connectivity index (χ2n) is 6.43. The van der Waals surface area contributed by atoms with Gasteiger partial charge in [0.15, 0.2) is 5.69 Å². The third-order valence-corrected chi connectivity index (χ3v) is 4.49. The van der Waals surface area contributed by atoms with Crippen LogP contribution in [0.15, 0.2) is 47.5 Å². The fraction of sp³-hybridized carbons (Fsp3) is 0.190. The van der Waals surface area contributed by atoms with Gasteiger partial charge < -0.3 is 10.4 Å². The van der Waals surface area contributed by atoms with Crippen LogP contribution >= 0.6 is 0 Å². The Labute approximate surface area is 167 Å². The van der Waals surface area contributed by atoms with Crippen molar-refractivity contribution < 1.29 is 9.90 Å². The van der Waals surface area contributed by atoms with Crippen molar-refractivity contribution in [3.63, 3.8) is 0 Å². The number of aromatic carboxylic acids is 1. The molecule has 0 amide bonds. The normalized spacial score (nSPS) is 10.4. The number of aromatic nitrogens is 3. The predicted molar refractivity (Wildman–Crippen MR) is 107 cm³/mol. The van der Waals surface area contributed by atoms with Crippen molar-refractivity contribution in [3.05, 3.63) is 81.0 Å². The van der Waals surface area contributed by atoms with Crippen molar-refractivity contribution in [2.24, 2.45) is 0 Å². The van der Waals surface area contributed by atoms with Gasteiger partial charge in [0, 0.05) is 24.7 Å². The van der Waals surface area contributed by atoms with Crippen LogP contribution < -0.4 is 10.9 Å². The lowest BCUT2D eigenvalue weighted by molar-refractivity contribution is 0.0686. The van der Waals surface area contributed by atoms with E-state index in [4.69, 9.17) is 5.26 Å². The molecule has 29 heavy (non-hydrogen) atoms. The molecule has 3 aromatic rings. The van der Waals surface area contributed by atoms with Crippen molar-refractivity contribution in [1.82, 2.24) is 14.8 Å². The number of hydrogen-bond acceptors (Lipinski definition) is 6. The summed E-state index contributed by atoms with van der Waals surface area (Å²) in [4.78, 5) is 29.0. The van der Waals surface area contributed by atoms with Gasteiger partial charge in [0.1, 0.15) is 5.69 Å². The van der Waals surface area contributed by atoms with Gasteiger partial charge in [0.05, 0.1) is 23.5 Å². The molecule has 0 unspecified atom stereocenters. The maximum absolute atomic E-state index is 13.0. The highest BCUT2D eigenvalue weighted by Gasteiger charge is 2.22. The molecule has 0 fully saturated rings. The van der Waals surface area contributed by atoms with Gasteiger partial charge in [-0.25, -0.2) is 9.48 Å². The summed E-state index contributed by atoms with van der Waals surface area (Å²) >= 11 is 0. The fourth-order valence-electron chi connectivity index (χ4n) is 2.97. The van der Waals surface area contributed by atoms with Crippen LogP contribution in [0.3, 0.4) is 0 Å². The van der Waals surface area contributed by atoms with E-state index in [1.807, 2.05) is 6.92 Å². The maximum atomic E-state index is 13.0. The van der Waals surface area contributed by atoms with Crippen molar-refractivity contribution in [3.8, 4) is 6.07 Å². The van der Waals surface area contributed by atoms with E-state index in [-0.39, 0.29) is 29.9 Å². The van der Waals surface area contributed by atoms with E-state index in [0.717, 1.165) is 10.2 Å². The molecule has 0 radical (unpaired) electrons. The number of carbonyl (C=O) groups is 1. The summed E-state index contributed by atoms with van der Waals surface area (Å²) in [6.07, 6.45) is 3.34. The smallest absolute Gasteiger partial charge is 0.356 e. The molecule has 0 atom stereocenters. The van der Waals surface area contributed by atoms with Gasteiger partial charge in [-0.1, -0.05) is 12.1 Å². The Bertz CT molecular complexity index is 1180. The van der Waals surface area contributed by atoms with Crippen molar-refractivity contribution in [2.45, 2.75) is 26.8 Å². The van der Waals surface area contributed by atoms with E-state index in [2.05, 4.69) is 21.5 Å². The van der Waals surface area contributed by atoms with Crippen LogP contribution in [0.25, 0.3) is 0 Å². The number of nitriles is 1. The summed E-state index contributed by atoms with van der Waals surface area (Å²) in [6, 6.07) is 10.7. The number of rotatable bonds is 6. The van der Waals surface area contributed by atoms with Crippen LogP contribution in [-0.4, -0.2) is 25.8 Å². The third-order valence-electron chi connectivity index (χ3n) is 4.49. The first-order valence-electron chi connectivity index (χ1n) is 8.98. The Morgan fingerprint density at radius 1 is 1.34 bits per heavy atom. The Balaban J connectivity index is 2.22. The van der Waals surface area contributed by atoms with Gasteiger partial charge in [-0.3, -0.25) is 9.78 Å². The zero-order valence-electron chi connectivity index (χ0n) is 16.0. The number of anilines is 2. The molecule has 0 aliphatic rings. The number of aryl methyl sites for hydroxylation is 2. The summed E-state index contributed by atoms with van der Waals surface area (Å²) in [5.41, 5.74) is 2.36. The molecule has 0 saturated carbocycles. The second-order valence-corrected chi connectivity index (χ2v) is 6.43. The van der Waals surface area contributed by atoms with E-state index in [9.17, 15) is 14.7 Å². The molecule has 3 rings (SSSR count). The molecular weight excluding hydrogens is 370 g/mol. The first kappa shape index (κ1) is 19.8. The Hall–Kier alpha value is -3.99. The molecule has 8 nitrogen and oxygen atoms in total. The number of pyridine rings is 1. The van der Waals surface area contributed by atoms with Gasteiger partial charge in [-0.15, -0.1) is 0 Å². The van der Waals surface area contributed by atoms with Crippen molar-refractivity contribution in [2.75, 3.05) is 5.32 Å². The molecular formula is C21H19N5O3. The Kier molecular flexibility index (Phi) is 5.69. The molecule has 0 aliphatic carbocycles. The van der Waals surface area contributed by atoms with Gasteiger partial charge >= 0.3 is 5.97 Å². The van der Waals surface area contributed by atoms with E-state index in [1.165, 1.54) is 0 Å². The van der Waals surface area contributed by atoms with Crippen LogP contribution in [0, 0.1) is 18.3 Å². The first-order valence-corrected chi connectivity index (χ1v) is 8.98. The van der Waals surface area contributed by atoms with Gasteiger partial charge in [-0.2, -0.15) is 10.4 Å². The van der Waals surface area contributed by atoms with Gasteiger partial charge in [0.25, 0.3) is 5.56 Å². The minimum absolute atomic E-state index is 0.131. The van der Waals surface area contributed by atoms with Gasteiger partial charge in [-0.05, 0) is 43.2 Å². The standard InChI is InChI=1S/C21H19N5O3/c1-3-26-20(27)18(24-17-12-23-8-7-13(17)2)16(19(25-26)21(28)29)10-14-5-4-6-15(9-14)11-22/h4-9,12,24H,3,10H2,1-2H3,(H,28,29). The molecule has 0 saturated heterocycles. The van der Waals surface area contributed by atoms with Gasteiger partial charge in [0.2, 0.25) is 0 Å². The minimum atomic E-state index is -1.23. The lowest BCUT2D eigenvalue weighted by Gasteiger charge is -2.17. The van der Waals surface area contributed by atoms with E-state index in [1.54, 1.807) is 49.6 Å². The minimum Gasteiger partial charge on any atom is -0.476 e. The molecule has 1 aromatic carbocycles. The highest BCUT2D eigenvalue weighted by Crippen LogP contribution is 2.24. The summed E-state index contributed by atoms with van der Waals surface area (Å²) in [5, 5.41) is 26.0. The Morgan fingerprint density at radius 3 is 2.79 bits per heavy atom. The second kappa shape index (κ2) is 8.35. The van der Waals surface area contributed by atoms with Crippen molar-refractivity contribution >= 4 is 17.3 Å². The summed E-state index contributed by atoms with van der Waals surface area (Å²) in [7, 11) is 0. The zero-order valence-corrected chi connectivity index (χ0v) is 16.0. The average molecular weight is 389 g/mol. The lowest BCUT2D eigenvalue weighted by atomic mass is 10.0. The van der Waals surface area contributed by atoms with E-state index >= 15 is 0 Å². The maximum Gasteiger partial charge on any atom is 0.356 e. The van der Waals surface area contributed by atoms with Crippen LogP contribution in [0.5, 0.6) is 0 Å². The SMILES string of the molecule is CCn1nc(C(=O)O)c(Cc2cccc(C#N)c2)c(Nc2cnccc2C)c1=O. The molecule has 2 heterocycles. The lowest BCUT2D eigenvalue weighted by Crippen LogP contribution is -2.29. The predicted octanol–water partition coefficient (Wildman–Crippen LogP) is 2.87. The summed E-state index contributed by atoms with van der Waals surface area (Å²) < 4.78 is 1.12. The topological polar surface area (TPSA) is 121 Å². The third kappa shape index (κ3) is 4.14. The summed E-state index contributed by atoms with van der Waals surface area (Å²) in [6.45, 7) is 3.80. The van der Waals surface area contributed by atoms with E-state index in [0.29, 0.717) is 16.8 Å². The highest BCUT2D eigenvalue weighted by molar-refractivity contribution is 5.89. The number of hydrogen-bond donors (Lipinski definition) is 2. The fourth-order valence-corrected chi connectivity index (χ4v) is 2.97. The van der Waals surface area contributed by atoms with Crippen molar-refractivity contribution in [1.29, 1.82) is 5.26 Å². The molecule has 0 spiro atoms. The van der Waals surface area contributed by atoms with Crippen LogP contribution in [0.1, 0.15) is 39.7 Å². The Morgan fingerprint density at radius 2 is 2.14 bits per heavy atom. The molecule has 0 aliphatic heterocycles. The van der Waals surface area contributed by atoms with Crippen LogP contribution in [0.4, 0.5) is 11.4 Å².